The average molecular weight is 285 g/mol. The molecule has 3 nitrogen and oxygen atoms in total. The van der Waals surface area contributed by atoms with Gasteiger partial charge in [-0.25, -0.2) is 0 Å². The van der Waals surface area contributed by atoms with Crippen LogP contribution in [0.5, 0.6) is 11.5 Å². The van der Waals surface area contributed by atoms with E-state index in [1.807, 2.05) is 36.4 Å². The highest BCUT2D eigenvalue weighted by atomic mass is 16.5. The van der Waals surface area contributed by atoms with Gasteiger partial charge in [0.2, 0.25) is 0 Å². The van der Waals surface area contributed by atoms with Gasteiger partial charge in [-0.1, -0.05) is 32.0 Å². The number of phenols is 1. The summed E-state index contributed by atoms with van der Waals surface area (Å²) in [6.07, 6.45) is 1.97. The zero-order chi connectivity index (χ0) is 15.1. The van der Waals surface area contributed by atoms with Crippen molar-refractivity contribution in [3.63, 3.8) is 0 Å². The van der Waals surface area contributed by atoms with Crippen LogP contribution in [0.3, 0.4) is 0 Å². The number of anilines is 1. The minimum atomic E-state index is 0.215. The van der Waals surface area contributed by atoms with Crippen molar-refractivity contribution in [3.05, 3.63) is 54.1 Å². The Kier molecular flexibility index (Phi) is 5.50. The van der Waals surface area contributed by atoms with Crippen LogP contribution in [0.15, 0.2) is 48.5 Å². The highest BCUT2D eigenvalue weighted by Crippen LogP contribution is 2.26. The smallest absolute Gasteiger partial charge is 0.121 e. The molecule has 2 aromatic carbocycles. The summed E-state index contributed by atoms with van der Waals surface area (Å²) in [6.45, 7) is 4.97. The zero-order valence-corrected chi connectivity index (χ0v) is 12.7. The number of phenolic OH excluding ortho intramolecular Hbond substituents is 1. The lowest BCUT2D eigenvalue weighted by Crippen LogP contribution is -2.09. The van der Waals surface area contributed by atoms with Gasteiger partial charge in [0.1, 0.15) is 11.5 Å². The van der Waals surface area contributed by atoms with Gasteiger partial charge >= 0.3 is 0 Å². The van der Waals surface area contributed by atoms with Crippen LogP contribution in [0.1, 0.15) is 38.3 Å². The second kappa shape index (κ2) is 7.58. The molecule has 0 saturated heterocycles. The molecule has 2 aromatic rings. The van der Waals surface area contributed by atoms with Crippen molar-refractivity contribution in [2.24, 2.45) is 0 Å². The van der Waals surface area contributed by atoms with Crippen LogP contribution in [0.25, 0.3) is 0 Å². The molecule has 0 heterocycles. The molecule has 1 unspecified atom stereocenters. The van der Waals surface area contributed by atoms with E-state index in [-0.39, 0.29) is 6.04 Å². The molecular weight excluding hydrogens is 262 g/mol. The lowest BCUT2D eigenvalue weighted by molar-refractivity contribution is 0.317. The summed E-state index contributed by atoms with van der Waals surface area (Å²) in [4.78, 5) is 0. The molecule has 21 heavy (non-hydrogen) atoms. The van der Waals surface area contributed by atoms with Crippen molar-refractivity contribution in [2.45, 2.75) is 32.7 Å². The first kappa shape index (κ1) is 15.2. The van der Waals surface area contributed by atoms with Gasteiger partial charge in [0, 0.05) is 11.8 Å². The lowest BCUT2D eigenvalue weighted by Gasteiger charge is -2.19. The third-order valence-corrected chi connectivity index (χ3v) is 3.35. The number of aromatic hydroxyl groups is 1. The predicted octanol–water partition coefficient (Wildman–Crippen LogP) is 4.74. The van der Waals surface area contributed by atoms with Crippen molar-refractivity contribution >= 4 is 5.69 Å². The maximum Gasteiger partial charge on any atom is 0.121 e. The molecule has 0 saturated carbocycles. The number of hydrogen-bond donors (Lipinski definition) is 2. The molecule has 0 fully saturated rings. The Morgan fingerprint density at radius 3 is 2.52 bits per heavy atom. The Morgan fingerprint density at radius 1 is 1.10 bits per heavy atom. The molecular formula is C18H23NO2. The Balaban J connectivity index is 2.09. The Morgan fingerprint density at radius 2 is 1.86 bits per heavy atom. The van der Waals surface area contributed by atoms with Gasteiger partial charge in [0.05, 0.1) is 12.6 Å². The van der Waals surface area contributed by atoms with Crippen molar-refractivity contribution < 1.29 is 9.84 Å². The Hall–Kier alpha value is -2.16. The highest BCUT2D eigenvalue weighted by molar-refractivity contribution is 5.50. The Bertz CT molecular complexity index is 551. The summed E-state index contributed by atoms with van der Waals surface area (Å²) < 4.78 is 5.66. The predicted molar refractivity (Wildman–Crippen MR) is 87.0 cm³/mol. The number of ether oxygens (including phenoxy) is 1. The van der Waals surface area contributed by atoms with E-state index in [1.165, 1.54) is 0 Å². The number of nitrogens with one attached hydrogen (secondary N) is 1. The third kappa shape index (κ3) is 4.42. The van der Waals surface area contributed by atoms with E-state index in [0.29, 0.717) is 5.75 Å². The molecule has 3 heteroatoms. The third-order valence-electron chi connectivity index (χ3n) is 3.35. The van der Waals surface area contributed by atoms with E-state index in [0.717, 1.165) is 36.4 Å². The lowest BCUT2D eigenvalue weighted by atomic mass is 10.0. The molecule has 0 aliphatic heterocycles. The fraction of sp³-hybridized carbons (Fsp3) is 0.333. The van der Waals surface area contributed by atoms with Gasteiger partial charge in [-0.3, -0.25) is 0 Å². The van der Waals surface area contributed by atoms with E-state index in [9.17, 15) is 5.11 Å². The summed E-state index contributed by atoms with van der Waals surface area (Å²) in [7, 11) is 0. The van der Waals surface area contributed by atoms with E-state index in [2.05, 4.69) is 19.2 Å². The van der Waals surface area contributed by atoms with Gasteiger partial charge in [-0.2, -0.15) is 0 Å². The molecule has 1 atom stereocenters. The molecule has 0 amide bonds. The van der Waals surface area contributed by atoms with Crippen LogP contribution in [-0.4, -0.2) is 11.7 Å². The van der Waals surface area contributed by atoms with Gasteiger partial charge in [-0.05, 0) is 42.7 Å². The maximum absolute atomic E-state index is 9.38. The fourth-order valence-electron chi connectivity index (χ4n) is 2.22. The summed E-state index contributed by atoms with van der Waals surface area (Å²) in [5.41, 5.74) is 2.21. The molecule has 0 radical (unpaired) electrons. The van der Waals surface area contributed by atoms with Crippen LogP contribution in [0, 0.1) is 0 Å². The monoisotopic (exact) mass is 285 g/mol. The zero-order valence-electron chi connectivity index (χ0n) is 12.7. The molecule has 0 spiro atoms. The second-order valence-electron chi connectivity index (χ2n) is 5.07. The van der Waals surface area contributed by atoms with Gasteiger partial charge in [0.25, 0.3) is 0 Å². The van der Waals surface area contributed by atoms with Gasteiger partial charge in [-0.15, -0.1) is 0 Å². The quantitative estimate of drug-likeness (QED) is 0.771. The molecule has 0 bridgehead atoms. The molecule has 2 N–H and O–H groups in total. The molecule has 2 rings (SSSR count). The number of rotatable bonds is 7. The summed E-state index contributed by atoms with van der Waals surface area (Å²) in [6, 6.07) is 15.6. The van der Waals surface area contributed by atoms with Gasteiger partial charge < -0.3 is 15.2 Å². The van der Waals surface area contributed by atoms with E-state index < -0.39 is 0 Å². The maximum atomic E-state index is 9.38. The van der Waals surface area contributed by atoms with Crippen LogP contribution >= 0.6 is 0 Å². The number of benzene rings is 2. The molecule has 0 aliphatic carbocycles. The summed E-state index contributed by atoms with van der Waals surface area (Å²) in [5, 5.41) is 12.9. The first-order chi connectivity index (χ1) is 10.2. The topological polar surface area (TPSA) is 41.5 Å². The standard InChI is InChI=1S/C18H23NO2/c1-3-12-21-17-7-5-6-15(13-17)19-18(4-2)14-8-10-16(20)11-9-14/h5-11,13,18-20H,3-4,12H2,1-2H3. The first-order valence-corrected chi connectivity index (χ1v) is 7.51. The highest BCUT2D eigenvalue weighted by Gasteiger charge is 2.09. The minimum Gasteiger partial charge on any atom is -0.508 e. The normalized spacial score (nSPS) is 11.9. The average Bonchev–Trinajstić information content (AvgIpc) is 2.52. The Labute approximate surface area is 126 Å². The number of hydrogen-bond acceptors (Lipinski definition) is 3. The minimum absolute atomic E-state index is 0.215. The second-order valence-corrected chi connectivity index (χ2v) is 5.07. The van der Waals surface area contributed by atoms with Crippen LogP contribution < -0.4 is 10.1 Å². The fourth-order valence-corrected chi connectivity index (χ4v) is 2.22. The molecule has 0 aromatic heterocycles. The molecule has 0 aliphatic rings. The largest absolute Gasteiger partial charge is 0.508 e. The van der Waals surface area contributed by atoms with Crippen LogP contribution in [-0.2, 0) is 0 Å². The van der Waals surface area contributed by atoms with Crippen molar-refractivity contribution in [2.75, 3.05) is 11.9 Å². The van der Waals surface area contributed by atoms with E-state index >= 15 is 0 Å². The SMILES string of the molecule is CCCOc1cccc(NC(CC)c2ccc(O)cc2)c1. The van der Waals surface area contributed by atoms with Crippen LogP contribution in [0.2, 0.25) is 0 Å². The van der Waals surface area contributed by atoms with E-state index in [4.69, 9.17) is 4.74 Å². The van der Waals surface area contributed by atoms with E-state index in [1.54, 1.807) is 12.1 Å². The van der Waals surface area contributed by atoms with Crippen molar-refractivity contribution in [3.8, 4) is 11.5 Å². The summed E-state index contributed by atoms with van der Waals surface area (Å²) >= 11 is 0. The van der Waals surface area contributed by atoms with Crippen LogP contribution in [0.4, 0.5) is 5.69 Å². The van der Waals surface area contributed by atoms with Gasteiger partial charge in [0.15, 0.2) is 0 Å². The molecule has 112 valence electrons. The van der Waals surface area contributed by atoms with Crippen molar-refractivity contribution in [1.82, 2.24) is 0 Å². The summed E-state index contributed by atoms with van der Waals surface area (Å²) in [5.74, 6) is 1.19. The van der Waals surface area contributed by atoms with Crippen molar-refractivity contribution in [1.29, 1.82) is 0 Å². The first-order valence-electron chi connectivity index (χ1n) is 7.51.